The van der Waals surface area contributed by atoms with E-state index >= 15 is 0 Å². The quantitative estimate of drug-likeness (QED) is 0.814. The molecular formula is C16H22N2O. The van der Waals surface area contributed by atoms with Gasteiger partial charge in [-0.25, -0.2) is 0 Å². The Balaban J connectivity index is 1.79. The van der Waals surface area contributed by atoms with E-state index in [1.54, 1.807) is 0 Å². The Labute approximate surface area is 115 Å². The Kier molecular flexibility index (Phi) is 3.31. The number of benzene rings is 1. The smallest absolute Gasteiger partial charge is 0.254 e. The summed E-state index contributed by atoms with van der Waals surface area (Å²) in [6, 6.07) is 8.71. The molecule has 1 unspecified atom stereocenters. The second-order valence-corrected chi connectivity index (χ2v) is 5.64. The highest BCUT2D eigenvalue weighted by molar-refractivity contribution is 5.99. The van der Waals surface area contributed by atoms with Gasteiger partial charge in [0.25, 0.3) is 5.91 Å². The van der Waals surface area contributed by atoms with E-state index in [2.05, 4.69) is 29.7 Å². The molecule has 2 aliphatic rings. The first kappa shape index (κ1) is 12.7. The summed E-state index contributed by atoms with van der Waals surface area (Å²) in [6.07, 6.45) is 2.22. The van der Waals surface area contributed by atoms with Crippen LogP contribution in [0, 0.1) is 0 Å². The van der Waals surface area contributed by atoms with Gasteiger partial charge in [0, 0.05) is 24.7 Å². The van der Waals surface area contributed by atoms with Crippen LogP contribution in [0.5, 0.6) is 0 Å². The average Bonchev–Trinajstić information content (AvgIpc) is 2.72. The first-order valence-electron chi connectivity index (χ1n) is 7.36. The topological polar surface area (TPSA) is 23.6 Å². The van der Waals surface area contributed by atoms with Crippen LogP contribution < -0.4 is 0 Å². The van der Waals surface area contributed by atoms with Gasteiger partial charge >= 0.3 is 0 Å². The second-order valence-electron chi connectivity index (χ2n) is 5.64. The van der Waals surface area contributed by atoms with Gasteiger partial charge in [0.15, 0.2) is 0 Å². The lowest BCUT2D eigenvalue weighted by Gasteiger charge is -2.38. The van der Waals surface area contributed by atoms with Gasteiger partial charge in [-0.2, -0.15) is 0 Å². The van der Waals surface area contributed by atoms with Crippen LogP contribution in [0.3, 0.4) is 0 Å². The number of amides is 1. The van der Waals surface area contributed by atoms with Crippen LogP contribution in [0.4, 0.5) is 0 Å². The third kappa shape index (κ3) is 2.06. The summed E-state index contributed by atoms with van der Waals surface area (Å²) in [7, 11) is 0. The maximum atomic E-state index is 12.6. The van der Waals surface area contributed by atoms with Crippen molar-refractivity contribution in [3.05, 3.63) is 35.4 Å². The van der Waals surface area contributed by atoms with Crippen molar-refractivity contribution >= 4 is 5.91 Å². The van der Waals surface area contributed by atoms with E-state index in [4.69, 9.17) is 0 Å². The zero-order valence-electron chi connectivity index (χ0n) is 11.8. The van der Waals surface area contributed by atoms with Crippen molar-refractivity contribution in [3.8, 4) is 0 Å². The lowest BCUT2D eigenvalue weighted by atomic mass is 10.0. The molecule has 1 fully saturated rings. The SMILES string of the molecule is CCN1CCC(N2C(=O)c3ccccc3C2C)CC1. The number of carbonyl (C=O) groups excluding carboxylic acids is 1. The Bertz CT molecular complexity index is 477. The minimum absolute atomic E-state index is 0.234. The van der Waals surface area contributed by atoms with Crippen molar-refractivity contribution in [2.24, 2.45) is 0 Å². The number of piperidine rings is 1. The largest absolute Gasteiger partial charge is 0.329 e. The summed E-state index contributed by atoms with van der Waals surface area (Å²) in [4.78, 5) is 17.2. The lowest BCUT2D eigenvalue weighted by molar-refractivity contribution is 0.0525. The van der Waals surface area contributed by atoms with Crippen molar-refractivity contribution < 1.29 is 4.79 Å². The first-order valence-corrected chi connectivity index (χ1v) is 7.36. The Hall–Kier alpha value is -1.35. The normalized spacial score (nSPS) is 24.8. The van der Waals surface area contributed by atoms with Gasteiger partial charge < -0.3 is 9.80 Å². The zero-order valence-corrected chi connectivity index (χ0v) is 11.8. The molecule has 1 saturated heterocycles. The fourth-order valence-corrected chi connectivity index (χ4v) is 3.52. The summed E-state index contributed by atoms with van der Waals surface area (Å²) >= 11 is 0. The van der Waals surface area contributed by atoms with E-state index in [0.717, 1.165) is 38.0 Å². The number of carbonyl (C=O) groups is 1. The molecule has 1 atom stereocenters. The maximum Gasteiger partial charge on any atom is 0.254 e. The van der Waals surface area contributed by atoms with Crippen molar-refractivity contribution in [3.63, 3.8) is 0 Å². The lowest BCUT2D eigenvalue weighted by Crippen LogP contribution is -2.45. The maximum absolute atomic E-state index is 12.6. The molecule has 1 aromatic rings. The highest BCUT2D eigenvalue weighted by Crippen LogP contribution is 2.36. The van der Waals surface area contributed by atoms with E-state index in [1.807, 2.05) is 18.2 Å². The van der Waals surface area contributed by atoms with Crippen molar-refractivity contribution in [1.29, 1.82) is 0 Å². The van der Waals surface area contributed by atoms with Crippen LogP contribution in [0.2, 0.25) is 0 Å². The molecule has 1 aromatic carbocycles. The van der Waals surface area contributed by atoms with Crippen LogP contribution in [0.25, 0.3) is 0 Å². The number of nitrogens with zero attached hydrogens (tertiary/aromatic N) is 2. The highest BCUT2D eigenvalue weighted by Gasteiger charge is 2.38. The molecule has 0 radical (unpaired) electrons. The zero-order chi connectivity index (χ0) is 13.4. The fraction of sp³-hybridized carbons (Fsp3) is 0.562. The Morgan fingerprint density at radius 3 is 2.53 bits per heavy atom. The summed E-state index contributed by atoms with van der Waals surface area (Å²) in [5.41, 5.74) is 2.11. The molecule has 0 aliphatic carbocycles. The van der Waals surface area contributed by atoms with Crippen LogP contribution in [-0.4, -0.2) is 41.4 Å². The Morgan fingerprint density at radius 2 is 1.89 bits per heavy atom. The second kappa shape index (κ2) is 4.97. The standard InChI is InChI=1S/C16H22N2O/c1-3-17-10-8-13(9-11-17)18-12(2)14-6-4-5-7-15(14)16(18)19/h4-7,12-13H,3,8-11H2,1-2H3. The molecule has 0 bridgehead atoms. The first-order chi connectivity index (χ1) is 9.22. The molecule has 19 heavy (non-hydrogen) atoms. The van der Waals surface area contributed by atoms with E-state index in [0.29, 0.717) is 6.04 Å². The molecule has 3 nitrogen and oxygen atoms in total. The molecule has 102 valence electrons. The minimum atomic E-state index is 0.234. The molecule has 3 heteroatoms. The summed E-state index contributed by atoms with van der Waals surface area (Å²) < 4.78 is 0. The molecule has 2 aliphatic heterocycles. The van der Waals surface area contributed by atoms with Crippen molar-refractivity contribution in [1.82, 2.24) is 9.80 Å². The third-order valence-corrected chi connectivity index (χ3v) is 4.69. The molecule has 1 amide bonds. The third-order valence-electron chi connectivity index (χ3n) is 4.69. The van der Waals surface area contributed by atoms with Crippen LogP contribution in [0.1, 0.15) is 48.7 Å². The molecule has 0 saturated carbocycles. The van der Waals surface area contributed by atoms with Gasteiger partial charge in [0.05, 0.1) is 6.04 Å². The van der Waals surface area contributed by atoms with Gasteiger partial charge in [-0.3, -0.25) is 4.79 Å². The highest BCUT2D eigenvalue weighted by atomic mass is 16.2. The van der Waals surface area contributed by atoms with Crippen LogP contribution >= 0.6 is 0 Å². The van der Waals surface area contributed by atoms with Crippen LogP contribution in [-0.2, 0) is 0 Å². The summed E-state index contributed by atoms with van der Waals surface area (Å²) in [5.74, 6) is 0.234. The van der Waals surface area contributed by atoms with E-state index in [1.165, 1.54) is 5.56 Å². The molecule has 0 N–H and O–H groups in total. The van der Waals surface area contributed by atoms with Crippen molar-refractivity contribution in [2.75, 3.05) is 19.6 Å². The van der Waals surface area contributed by atoms with Gasteiger partial charge in [0.2, 0.25) is 0 Å². The number of hydrogen-bond donors (Lipinski definition) is 0. The number of likely N-dealkylation sites (tertiary alicyclic amines) is 1. The van der Waals surface area contributed by atoms with Gasteiger partial charge in [-0.1, -0.05) is 25.1 Å². The monoisotopic (exact) mass is 258 g/mol. The van der Waals surface area contributed by atoms with E-state index in [-0.39, 0.29) is 11.9 Å². The predicted molar refractivity (Wildman–Crippen MR) is 76.2 cm³/mol. The molecule has 0 spiro atoms. The number of hydrogen-bond acceptors (Lipinski definition) is 2. The molecule has 3 rings (SSSR count). The number of fused-ring (bicyclic) bond motifs is 1. The van der Waals surface area contributed by atoms with Crippen LogP contribution in [0.15, 0.2) is 24.3 Å². The van der Waals surface area contributed by atoms with Gasteiger partial charge in [-0.05, 0) is 37.9 Å². The van der Waals surface area contributed by atoms with E-state index < -0.39 is 0 Å². The van der Waals surface area contributed by atoms with Gasteiger partial charge in [-0.15, -0.1) is 0 Å². The van der Waals surface area contributed by atoms with Crippen molar-refractivity contribution in [2.45, 2.75) is 38.8 Å². The summed E-state index contributed by atoms with van der Waals surface area (Å²) in [5, 5.41) is 0. The van der Waals surface area contributed by atoms with E-state index in [9.17, 15) is 4.79 Å². The fourth-order valence-electron chi connectivity index (χ4n) is 3.52. The summed E-state index contributed by atoms with van der Waals surface area (Å²) in [6.45, 7) is 7.73. The molecule has 0 aromatic heterocycles. The number of rotatable bonds is 2. The Morgan fingerprint density at radius 1 is 1.21 bits per heavy atom. The average molecular weight is 258 g/mol. The minimum Gasteiger partial charge on any atom is -0.329 e. The van der Waals surface area contributed by atoms with Gasteiger partial charge in [0.1, 0.15) is 0 Å². The molecular weight excluding hydrogens is 236 g/mol. The molecule has 2 heterocycles. The predicted octanol–water partition coefficient (Wildman–Crippen LogP) is 2.69.